The van der Waals surface area contributed by atoms with Crippen molar-refractivity contribution in [3.8, 4) is 5.75 Å². The number of aromatic nitrogens is 1. The van der Waals surface area contributed by atoms with Gasteiger partial charge in [-0.15, -0.1) is 0 Å². The second-order valence-corrected chi connectivity index (χ2v) is 7.56. The first-order valence-electron chi connectivity index (χ1n) is 6.68. The number of pyridine rings is 1. The normalized spacial score (nSPS) is 27.7. The number of fused-ring (bicyclic) bond motifs is 1. The summed E-state index contributed by atoms with van der Waals surface area (Å²) >= 11 is 0. The summed E-state index contributed by atoms with van der Waals surface area (Å²) in [5, 5.41) is 0. The lowest BCUT2D eigenvalue weighted by atomic mass is 10.0. The Bertz CT molecular complexity index is 591. The zero-order valence-corrected chi connectivity index (χ0v) is 12.5. The molecule has 0 spiro atoms. The van der Waals surface area contributed by atoms with Crippen LogP contribution in [0.1, 0.15) is 0 Å². The zero-order chi connectivity index (χ0) is 14.3. The lowest BCUT2D eigenvalue weighted by molar-refractivity contribution is 0.349. The fourth-order valence-corrected chi connectivity index (χ4v) is 4.71. The molecule has 2 atom stereocenters. The zero-order valence-electron chi connectivity index (χ0n) is 11.7. The van der Waals surface area contributed by atoms with Crippen LogP contribution in [-0.2, 0) is 10.0 Å². The molecular formula is C13H19N3O3S. The van der Waals surface area contributed by atoms with Gasteiger partial charge in [-0.3, -0.25) is 4.98 Å². The maximum Gasteiger partial charge on any atom is 0.244 e. The lowest BCUT2D eigenvalue weighted by Crippen LogP contribution is -2.32. The van der Waals surface area contributed by atoms with Gasteiger partial charge in [0.1, 0.15) is 10.6 Å². The molecule has 0 amide bonds. The van der Waals surface area contributed by atoms with Crippen molar-refractivity contribution in [2.45, 2.75) is 4.90 Å². The quantitative estimate of drug-likeness (QED) is 0.801. The van der Waals surface area contributed by atoms with Gasteiger partial charge in [0.25, 0.3) is 0 Å². The van der Waals surface area contributed by atoms with Crippen LogP contribution in [0.15, 0.2) is 23.4 Å². The first-order valence-corrected chi connectivity index (χ1v) is 8.12. The third-order valence-electron chi connectivity index (χ3n) is 4.20. The summed E-state index contributed by atoms with van der Waals surface area (Å²) in [6, 6.07) is 1.53. The number of methoxy groups -OCH3 is 1. The predicted molar refractivity (Wildman–Crippen MR) is 74.0 cm³/mol. The molecule has 110 valence electrons. The van der Waals surface area contributed by atoms with Gasteiger partial charge in [0, 0.05) is 38.4 Å². The minimum absolute atomic E-state index is 0.213. The third kappa shape index (κ3) is 2.30. The van der Waals surface area contributed by atoms with Crippen LogP contribution in [0, 0.1) is 11.8 Å². The van der Waals surface area contributed by atoms with Crippen molar-refractivity contribution in [3.63, 3.8) is 0 Å². The van der Waals surface area contributed by atoms with E-state index >= 15 is 0 Å². The van der Waals surface area contributed by atoms with Crippen LogP contribution in [0.4, 0.5) is 0 Å². The molecule has 0 saturated carbocycles. The number of likely N-dealkylation sites (tertiary alicyclic amines) is 1. The smallest absolute Gasteiger partial charge is 0.244 e. The molecule has 3 rings (SSSR count). The Kier molecular flexibility index (Phi) is 3.43. The predicted octanol–water partition coefficient (Wildman–Crippen LogP) is 0.272. The number of nitrogens with zero attached hydrogens (tertiary/aromatic N) is 3. The Hall–Kier alpha value is -1.18. The van der Waals surface area contributed by atoms with Crippen molar-refractivity contribution in [3.05, 3.63) is 18.5 Å². The molecule has 1 aromatic heterocycles. The molecule has 20 heavy (non-hydrogen) atoms. The average Bonchev–Trinajstić information content (AvgIpc) is 2.96. The van der Waals surface area contributed by atoms with E-state index < -0.39 is 10.0 Å². The molecule has 0 bridgehead atoms. The summed E-state index contributed by atoms with van der Waals surface area (Å²) in [4.78, 5) is 6.42. The van der Waals surface area contributed by atoms with Gasteiger partial charge in [0.2, 0.25) is 10.0 Å². The highest BCUT2D eigenvalue weighted by atomic mass is 32.2. The molecule has 0 unspecified atom stereocenters. The van der Waals surface area contributed by atoms with Crippen LogP contribution < -0.4 is 4.74 Å². The van der Waals surface area contributed by atoms with Crippen LogP contribution >= 0.6 is 0 Å². The molecule has 0 aromatic carbocycles. The lowest BCUT2D eigenvalue weighted by Gasteiger charge is -2.19. The Morgan fingerprint density at radius 3 is 2.45 bits per heavy atom. The number of rotatable bonds is 3. The molecule has 2 fully saturated rings. The van der Waals surface area contributed by atoms with Crippen LogP contribution in [0.5, 0.6) is 5.75 Å². The maximum atomic E-state index is 12.6. The summed E-state index contributed by atoms with van der Waals surface area (Å²) in [6.07, 6.45) is 2.89. The van der Waals surface area contributed by atoms with Gasteiger partial charge in [0.15, 0.2) is 0 Å². The molecule has 3 heterocycles. The Morgan fingerprint density at radius 1 is 1.20 bits per heavy atom. The number of hydrogen-bond donors (Lipinski definition) is 0. The van der Waals surface area contributed by atoms with E-state index in [0.29, 0.717) is 30.7 Å². The van der Waals surface area contributed by atoms with E-state index in [0.717, 1.165) is 13.1 Å². The van der Waals surface area contributed by atoms with E-state index in [1.807, 2.05) is 0 Å². The van der Waals surface area contributed by atoms with Crippen molar-refractivity contribution in [1.29, 1.82) is 0 Å². The van der Waals surface area contributed by atoms with Gasteiger partial charge in [-0.2, -0.15) is 4.31 Å². The summed E-state index contributed by atoms with van der Waals surface area (Å²) in [6.45, 7) is 3.17. The van der Waals surface area contributed by atoms with E-state index in [1.54, 1.807) is 4.31 Å². The topological polar surface area (TPSA) is 62.7 Å². The van der Waals surface area contributed by atoms with Crippen LogP contribution in [-0.4, -0.2) is 62.9 Å². The minimum atomic E-state index is -3.46. The highest BCUT2D eigenvalue weighted by Crippen LogP contribution is 2.33. The molecular weight excluding hydrogens is 278 g/mol. The standard InChI is InChI=1S/C13H19N3O3S/c1-15-6-10-8-16(9-11(10)7-15)20(17,18)13-3-12(19-2)4-14-5-13/h3-5,10-11H,6-9H2,1-2H3/t10-,11+. The molecule has 2 saturated heterocycles. The fraction of sp³-hybridized carbons (Fsp3) is 0.615. The number of ether oxygens (including phenoxy) is 1. The van der Waals surface area contributed by atoms with E-state index in [2.05, 4.69) is 16.9 Å². The Balaban J connectivity index is 1.83. The second kappa shape index (κ2) is 4.98. The van der Waals surface area contributed by atoms with Gasteiger partial charge < -0.3 is 9.64 Å². The Morgan fingerprint density at radius 2 is 1.85 bits per heavy atom. The number of sulfonamides is 1. The van der Waals surface area contributed by atoms with Gasteiger partial charge in [-0.1, -0.05) is 0 Å². The highest BCUT2D eigenvalue weighted by molar-refractivity contribution is 7.89. The summed E-state index contributed by atoms with van der Waals surface area (Å²) in [5.74, 6) is 1.37. The monoisotopic (exact) mass is 297 g/mol. The SMILES string of the molecule is COc1cncc(S(=O)(=O)N2C[C@H]3CN(C)C[C@H]3C2)c1. The highest BCUT2D eigenvalue weighted by Gasteiger charge is 2.43. The van der Waals surface area contributed by atoms with E-state index in [1.165, 1.54) is 25.6 Å². The van der Waals surface area contributed by atoms with Gasteiger partial charge in [-0.25, -0.2) is 8.42 Å². The van der Waals surface area contributed by atoms with E-state index in [-0.39, 0.29) is 4.90 Å². The first-order chi connectivity index (χ1) is 9.50. The molecule has 2 aliphatic rings. The largest absolute Gasteiger partial charge is 0.495 e. The molecule has 0 aliphatic carbocycles. The van der Waals surface area contributed by atoms with Crippen molar-refractivity contribution in [1.82, 2.24) is 14.2 Å². The Labute approximate surface area is 119 Å². The molecule has 7 heteroatoms. The third-order valence-corrected chi connectivity index (χ3v) is 5.99. The summed E-state index contributed by atoms with van der Waals surface area (Å²) < 4.78 is 31.9. The minimum Gasteiger partial charge on any atom is -0.495 e. The van der Waals surface area contributed by atoms with Gasteiger partial charge >= 0.3 is 0 Å². The fourth-order valence-electron chi connectivity index (χ4n) is 3.18. The van der Waals surface area contributed by atoms with Crippen molar-refractivity contribution < 1.29 is 13.2 Å². The summed E-state index contributed by atoms with van der Waals surface area (Å²) in [7, 11) is 0.131. The van der Waals surface area contributed by atoms with E-state index in [4.69, 9.17) is 4.74 Å². The maximum absolute atomic E-state index is 12.6. The van der Waals surface area contributed by atoms with Crippen molar-refractivity contribution in [2.75, 3.05) is 40.3 Å². The first kappa shape index (κ1) is 13.8. The molecule has 0 N–H and O–H groups in total. The van der Waals surface area contributed by atoms with E-state index in [9.17, 15) is 8.42 Å². The van der Waals surface area contributed by atoms with Crippen LogP contribution in [0.25, 0.3) is 0 Å². The molecule has 1 aromatic rings. The van der Waals surface area contributed by atoms with Gasteiger partial charge in [-0.05, 0) is 18.9 Å². The molecule has 2 aliphatic heterocycles. The van der Waals surface area contributed by atoms with Crippen LogP contribution in [0.2, 0.25) is 0 Å². The molecule has 0 radical (unpaired) electrons. The molecule has 6 nitrogen and oxygen atoms in total. The summed E-state index contributed by atoms with van der Waals surface area (Å²) in [5.41, 5.74) is 0. The van der Waals surface area contributed by atoms with Gasteiger partial charge in [0.05, 0.1) is 13.3 Å². The van der Waals surface area contributed by atoms with Crippen LogP contribution in [0.3, 0.4) is 0 Å². The van der Waals surface area contributed by atoms with Crippen molar-refractivity contribution >= 4 is 10.0 Å². The second-order valence-electron chi connectivity index (χ2n) is 5.62. The average molecular weight is 297 g/mol. The number of hydrogen-bond acceptors (Lipinski definition) is 5. The van der Waals surface area contributed by atoms with Crippen molar-refractivity contribution in [2.24, 2.45) is 11.8 Å².